The van der Waals surface area contributed by atoms with Crippen LogP contribution in [0, 0.1) is 10.8 Å². The van der Waals surface area contributed by atoms with Crippen molar-refractivity contribution in [3.8, 4) is 0 Å². The highest BCUT2D eigenvalue weighted by molar-refractivity contribution is 5.05. The Balaban J connectivity index is 2.68. The summed E-state index contributed by atoms with van der Waals surface area (Å²) in [6, 6.07) is 0. The van der Waals surface area contributed by atoms with Gasteiger partial charge in [-0.15, -0.1) is 13.2 Å². The van der Waals surface area contributed by atoms with Crippen LogP contribution in [0.15, 0.2) is 25.3 Å². The zero-order chi connectivity index (χ0) is 10.7. The molecule has 80 valence electrons. The number of aliphatic hydroxyl groups excluding tert-OH is 2. The second kappa shape index (κ2) is 4.28. The monoisotopic (exact) mass is 196 g/mol. The van der Waals surface area contributed by atoms with E-state index in [0.29, 0.717) is 0 Å². The van der Waals surface area contributed by atoms with E-state index in [-0.39, 0.29) is 24.0 Å². The molecule has 1 aliphatic carbocycles. The molecule has 0 aromatic carbocycles. The van der Waals surface area contributed by atoms with Crippen molar-refractivity contribution in [3.05, 3.63) is 25.3 Å². The zero-order valence-electron chi connectivity index (χ0n) is 8.71. The highest BCUT2D eigenvalue weighted by Crippen LogP contribution is 2.46. The maximum atomic E-state index is 9.30. The normalized spacial score (nSPS) is 37.9. The van der Waals surface area contributed by atoms with Crippen LogP contribution in [-0.2, 0) is 0 Å². The lowest BCUT2D eigenvalue weighted by atomic mass is 9.64. The molecule has 2 heteroatoms. The first-order chi connectivity index (χ1) is 6.66. The molecule has 2 N–H and O–H groups in total. The predicted octanol–water partition coefficient (Wildman–Crippen LogP) is 1.89. The fraction of sp³-hybridized carbons (Fsp3) is 0.667. The van der Waals surface area contributed by atoms with E-state index >= 15 is 0 Å². The molecule has 0 aliphatic heterocycles. The fourth-order valence-corrected chi connectivity index (χ4v) is 2.10. The van der Waals surface area contributed by atoms with Gasteiger partial charge >= 0.3 is 0 Å². The second-order valence-electron chi connectivity index (χ2n) is 4.45. The molecule has 0 aromatic rings. The van der Waals surface area contributed by atoms with Gasteiger partial charge in [0.25, 0.3) is 0 Å². The van der Waals surface area contributed by atoms with Crippen LogP contribution in [0.5, 0.6) is 0 Å². The lowest BCUT2D eigenvalue weighted by molar-refractivity contribution is 0.0500. The minimum Gasteiger partial charge on any atom is -0.395 e. The van der Waals surface area contributed by atoms with Crippen molar-refractivity contribution in [2.75, 3.05) is 13.2 Å². The van der Waals surface area contributed by atoms with Crippen molar-refractivity contribution in [2.45, 2.75) is 25.7 Å². The average Bonchev–Trinajstić information content (AvgIpc) is 2.29. The molecule has 0 bridgehead atoms. The highest BCUT2D eigenvalue weighted by Gasteiger charge is 2.38. The van der Waals surface area contributed by atoms with E-state index in [1.165, 1.54) is 0 Å². The van der Waals surface area contributed by atoms with Crippen LogP contribution in [0.2, 0.25) is 0 Å². The van der Waals surface area contributed by atoms with E-state index < -0.39 is 0 Å². The smallest absolute Gasteiger partial charge is 0.0521 e. The lowest BCUT2D eigenvalue weighted by Gasteiger charge is -2.42. The van der Waals surface area contributed by atoms with Crippen LogP contribution in [0.4, 0.5) is 0 Å². The summed E-state index contributed by atoms with van der Waals surface area (Å²) in [5.41, 5.74) is -0.247. The highest BCUT2D eigenvalue weighted by atomic mass is 16.3. The van der Waals surface area contributed by atoms with Crippen LogP contribution in [0.3, 0.4) is 0 Å². The summed E-state index contributed by atoms with van der Waals surface area (Å²) in [4.78, 5) is 0. The Morgan fingerprint density at radius 1 is 0.857 bits per heavy atom. The Hall–Kier alpha value is -0.600. The van der Waals surface area contributed by atoms with Gasteiger partial charge in [-0.25, -0.2) is 0 Å². The molecule has 0 saturated heterocycles. The molecule has 1 rings (SSSR count). The maximum absolute atomic E-state index is 9.30. The van der Waals surface area contributed by atoms with Crippen molar-refractivity contribution in [1.29, 1.82) is 0 Å². The molecule has 0 amide bonds. The Morgan fingerprint density at radius 2 is 1.14 bits per heavy atom. The van der Waals surface area contributed by atoms with Crippen molar-refractivity contribution >= 4 is 0 Å². The molecule has 1 saturated carbocycles. The summed E-state index contributed by atoms with van der Waals surface area (Å²) in [5, 5.41) is 18.6. The third-order valence-corrected chi connectivity index (χ3v) is 3.74. The average molecular weight is 196 g/mol. The van der Waals surface area contributed by atoms with Gasteiger partial charge in [0.1, 0.15) is 0 Å². The molecular formula is C12H20O2. The van der Waals surface area contributed by atoms with Gasteiger partial charge in [0.15, 0.2) is 0 Å². The van der Waals surface area contributed by atoms with E-state index in [1.54, 1.807) is 0 Å². The van der Waals surface area contributed by atoms with E-state index in [0.717, 1.165) is 25.7 Å². The Labute approximate surface area is 86.0 Å². The summed E-state index contributed by atoms with van der Waals surface area (Å²) < 4.78 is 0. The van der Waals surface area contributed by atoms with Gasteiger partial charge in [-0.3, -0.25) is 0 Å². The number of aliphatic hydroxyl groups is 2. The predicted molar refractivity (Wildman–Crippen MR) is 57.9 cm³/mol. The molecule has 0 unspecified atom stereocenters. The van der Waals surface area contributed by atoms with Crippen LogP contribution in [0.1, 0.15) is 25.7 Å². The Bertz CT molecular complexity index is 188. The first kappa shape index (κ1) is 11.5. The van der Waals surface area contributed by atoms with Crippen molar-refractivity contribution in [3.63, 3.8) is 0 Å². The summed E-state index contributed by atoms with van der Waals surface area (Å²) >= 11 is 0. The number of hydrogen-bond acceptors (Lipinski definition) is 2. The molecule has 1 aliphatic rings. The maximum Gasteiger partial charge on any atom is 0.0521 e. The van der Waals surface area contributed by atoms with E-state index in [9.17, 15) is 10.2 Å². The lowest BCUT2D eigenvalue weighted by Crippen LogP contribution is -2.36. The standard InChI is InChI=1S/C12H20O2/c1-3-11(9-13)5-7-12(4-2,10-14)8-6-11/h3-4,13-14H,1-2,5-10H2. The van der Waals surface area contributed by atoms with Gasteiger partial charge in [-0.1, -0.05) is 12.2 Å². The molecule has 0 radical (unpaired) electrons. The van der Waals surface area contributed by atoms with Gasteiger partial charge < -0.3 is 10.2 Å². The molecule has 0 heterocycles. The molecule has 0 spiro atoms. The molecular weight excluding hydrogens is 176 g/mol. The van der Waals surface area contributed by atoms with Gasteiger partial charge in [0, 0.05) is 10.8 Å². The largest absolute Gasteiger partial charge is 0.395 e. The Morgan fingerprint density at radius 3 is 1.29 bits per heavy atom. The summed E-state index contributed by atoms with van der Waals surface area (Å²) in [6.07, 6.45) is 7.27. The number of rotatable bonds is 4. The second-order valence-corrected chi connectivity index (χ2v) is 4.45. The quantitative estimate of drug-likeness (QED) is 0.674. The summed E-state index contributed by atoms with van der Waals surface area (Å²) in [7, 11) is 0. The fourth-order valence-electron chi connectivity index (χ4n) is 2.10. The van der Waals surface area contributed by atoms with Crippen molar-refractivity contribution in [1.82, 2.24) is 0 Å². The zero-order valence-corrected chi connectivity index (χ0v) is 8.71. The van der Waals surface area contributed by atoms with Gasteiger partial charge in [-0.2, -0.15) is 0 Å². The van der Waals surface area contributed by atoms with Crippen LogP contribution < -0.4 is 0 Å². The van der Waals surface area contributed by atoms with E-state index in [2.05, 4.69) is 13.2 Å². The molecule has 2 nitrogen and oxygen atoms in total. The molecule has 1 fully saturated rings. The van der Waals surface area contributed by atoms with Crippen LogP contribution in [-0.4, -0.2) is 23.4 Å². The van der Waals surface area contributed by atoms with Crippen molar-refractivity contribution in [2.24, 2.45) is 10.8 Å². The minimum atomic E-state index is -0.123. The first-order valence-corrected chi connectivity index (χ1v) is 5.15. The third-order valence-electron chi connectivity index (χ3n) is 3.74. The van der Waals surface area contributed by atoms with Gasteiger partial charge in [0.2, 0.25) is 0 Å². The summed E-state index contributed by atoms with van der Waals surface area (Å²) in [6.45, 7) is 7.88. The molecule has 0 aromatic heterocycles. The molecule has 0 atom stereocenters. The minimum absolute atomic E-state index is 0.123. The molecule has 14 heavy (non-hydrogen) atoms. The van der Waals surface area contributed by atoms with Gasteiger partial charge in [-0.05, 0) is 25.7 Å². The third kappa shape index (κ3) is 1.91. The van der Waals surface area contributed by atoms with Crippen LogP contribution >= 0.6 is 0 Å². The first-order valence-electron chi connectivity index (χ1n) is 5.15. The summed E-state index contributed by atoms with van der Waals surface area (Å²) in [5.74, 6) is 0. The van der Waals surface area contributed by atoms with Crippen LogP contribution in [0.25, 0.3) is 0 Å². The number of hydrogen-bond donors (Lipinski definition) is 2. The van der Waals surface area contributed by atoms with E-state index in [4.69, 9.17) is 0 Å². The topological polar surface area (TPSA) is 40.5 Å². The van der Waals surface area contributed by atoms with E-state index in [1.807, 2.05) is 12.2 Å². The SMILES string of the molecule is C=CC1(CO)CCC(C=C)(CO)CC1. The van der Waals surface area contributed by atoms with Gasteiger partial charge in [0.05, 0.1) is 13.2 Å². The van der Waals surface area contributed by atoms with Crippen molar-refractivity contribution < 1.29 is 10.2 Å². The Kier molecular flexibility index (Phi) is 3.51.